The van der Waals surface area contributed by atoms with E-state index in [1.807, 2.05) is 19.1 Å². The summed E-state index contributed by atoms with van der Waals surface area (Å²) in [6, 6.07) is 9.09. The Kier molecular flexibility index (Phi) is 7.21. The van der Waals surface area contributed by atoms with E-state index in [1.165, 1.54) is 5.56 Å². The Morgan fingerprint density at radius 2 is 1.81 bits per heavy atom. The van der Waals surface area contributed by atoms with Gasteiger partial charge in [-0.05, 0) is 40.2 Å². The second-order valence-corrected chi connectivity index (χ2v) is 7.88. The molecule has 5 heteroatoms. The Morgan fingerprint density at radius 3 is 2.38 bits per heavy atom. The van der Waals surface area contributed by atoms with Gasteiger partial charge in [-0.15, -0.1) is 0 Å². The molecule has 2 rings (SSSR count). The van der Waals surface area contributed by atoms with Crippen molar-refractivity contribution in [3.8, 4) is 0 Å². The van der Waals surface area contributed by atoms with Crippen molar-refractivity contribution >= 4 is 11.8 Å². The van der Waals surface area contributed by atoms with Gasteiger partial charge < -0.3 is 10.2 Å². The van der Waals surface area contributed by atoms with Crippen molar-refractivity contribution in [1.82, 2.24) is 15.1 Å². The van der Waals surface area contributed by atoms with Gasteiger partial charge in [-0.2, -0.15) is 0 Å². The lowest BCUT2D eigenvalue weighted by Gasteiger charge is -2.30. The minimum atomic E-state index is -0.237. The average molecular weight is 360 g/mol. The maximum absolute atomic E-state index is 12.4. The van der Waals surface area contributed by atoms with E-state index in [-0.39, 0.29) is 17.7 Å². The molecule has 2 amide bonds. The highest BCUT2D eigenvalue weighted by atomic mass is 16.2. The van der Waals surface area contributed by atoms with Gasteiger partial charge in [0.1, 0.15) is 0 Å². The molecular weight excluding hydrogens is 326 g/mol. The smallest absolute Gasteiger partial charge is 0.225 e. The molecule has 1 heterocycles. The fourth-order valence-corrected chi connectivity index (χ4v) is 3.58. The van der Waals surface area contributed by atoms with Gasteiger partial charge in [-0.25, -0.2) is 0 Å². The van der Waals surface area contributed by atoms with Crippen molar-refractivity contribution in [1.29, 1.82) is 0 Å². The third kappa shape index (κ3) is 5.56. The SMILES string of the molecule is Cc1ccc(CN2C[C@H](C(=O)NCCN(C(C)C)C(C)C)CC2=O)cc1. The number of benzene rings is 1. The lowest BCUT2D eigenvalue weighted by molar-refractivity contribution is -0.129. The highest BCUT2D eigenvalue weighted by Crippen LogP contribution is 2.20. The maximum Gasteiger partial charge on any atom is 0.225 e. The second-order valence-electron chi connectivity index (χ2n) is 7.88. The Bertz CT molecular complexity index is 602. The van der Waals surface area contributed by atoms with Crippen molar-refractivity contribution in [2.24, 2.45) is 5.92 Å². The summed E-state index contributed by atoms with van der Waals surface area (Å²) in [6.45, 7) is 13.3. The van der Waals surface area contributed by atoms with Crippen molar-refractivity contribution in [2.75, 3.05) is 19.6 Å². The van der Waals surface area contributed by atoms with Crippen LogP contribution in [-0.2, 0) is 16.1 Å². The summed E-state index contributed by atoms with van der Waals surface area (Å²) in [6.07, 6.45) is 0.315. The molecule has 1 aromatic rings. The molecule has 0 bridgehead atoms. The number of hydrogen-bond acceptors (Lipinski definition) is 3. The number of hydrogen-bond donors (Lipinski definition) is 1. The lowest BCUT2D eigenvalue weighted by Crippen LogP contribution is -2.43. The number of nitrogens with one attached hydrogen (secondary N) is 1. The minimum absolute atomic E-state index is 0.00258. The molecule has 0 unspecified atom stereocenters. The van der Waals surface area contributed by atoms with E-state index in [4.69, 9.17) is 0 Å². The average Bonchev–Trinajstić information content (AvgIpc) is 2.93. The quantitative estimate of drug-likeness (QED) is 0.776. The number of amides is 2. The molecule has 0 radical (unpaired) electrons. The molecule has 144 valence electrons. The summed E-state index contributed by atoms with van der Waals surface area (Å²) < 4.78 is 0. The first kappa shape index (κ1) is 20.4. The van der Waals surface area contributed by atoms with Crippen LogP contribution in [0.15, 0.2) is 24.3 Å². The van der Waals surface area contributed by atoms with E-state index in [0.717, 1.165) is 12.1 Å². The second kappa shape index (κ2) is 9.17. The van der Waals surface area contributed by atoms with Crippen LogP contribution in [0.2, 0.25) is 0 Å². The first-order chi connectivity index (χ1) is 12.3. The van der Waals surface area contributed by atoms with Crippen LogP contribution >= 0.6 is 0 Å². The Morgan fingerprint density at radius 1 is 1.19 bits per heavy atom. The van der Waals surface area contributed by atoms with Crippen LogP contribution in [0, 0.1) is 12.8 Å². The molecule has 1 fully saturated rings. The van der Waals surface area contributed by atoms with Crippen LogP contribution in [0.1, 0.15) is 45.2 Å². The predicted molar refractivity (Wildman–Crippen MR) is 105 cm³/mol. The summed E-state index contributed by atoms with van der Waals surface area (Å²) in [7, 11) is 0. The zero-order valence-corrected chi connectivity index (χ0v) is 16.8. The number of likely N-dealkylation sites (tertiary alicyclic amines) is 1. The standard InChI is InChI=1S/C21H33N3O2/c1-15(2)24(16(3)4)11-10-22-21(26)19-12-20(25)23(14-19)13-18-8-6-17(5)7-9-18/h6-9,15-16,19H,10-14H2,1-5H3,(H,22,26)/t19-/m1/s1. The van der Waals surface area contributed by atoms with Crippen LogP contribution in [0.25, 0.3) is 0 Å². The Hall–Kier alpha value is -1.88. The van der Waals surface area contributed by atoms with Crippen LogP contribution in [0.4, 0.5) is 0 Å². The van der Waals surface area contributed by atoms with Crippen molar-refractivity contribution < 1.29 is 9.59 Å². The van der Waals surface area contributed by atoms with E-state index in [0.29, 0.717) is 38.1 Å². The molecule has 1 aromatic carbocycles. The first-order valence-electron chi connectivity index (χ1n) is 9.64. The fraction of sp³-hybridized carbons (Fsp3) is 0.619. The summed E-state index contributed by atoms with van der Waals surface area (Å²) in [5, 5.41) is 3.02. The molecule has 5 nitrogen and oxygen atoms in total. The van der Waals surface area contributed by atoms with Gasteiger partial charge in [0.05, 0.1) is 5.92 Å². The largest absolute Gasteiger partial charge is 0.355 e. The Labute approximate surface area is 157 Å². The van der Waals surface area contributed by atoms with Gasteiger partial charge in [-0.1, -0.05) is 29.8 Å². The van der Waals surface area contributed by atoms with Gasteiger partial charge >= 0.3 is 0 Å². The minimum Gasteiger partial charge on any atom is -0.355 e. The highest BCUT2D eigenvalue weighted by molar-refractivity contribution is 5.89. The van der Waals surface area contributed by atoms with E-state index in [1.54, 1.807) is 4.90 Å². The topological polar surface area (TPSA) is 52.7 Å². The summed E-state index contributed by atoms with van der Waals surface area (Å²) >= 11 is 0. The van der Waals surface area contributed by atoms with Crippen molar-refractivity contribution in [3.05, 3.63) is 35.4 Å². The third-order valence-electron chi connectivity index (χ3n) is 5.08. The molecule has 1 atom stereocenters. The molecule has 0 aliphatic carbocycles. The highest BCUT2D eigenvalue weighted by Gasteiger charge is 2.34. The van der Waals surface area contributed by atoms with E-state index >= 15 is 0 Å². The van der Waals surface area contributed by atoms with Gasteiger partial charge in [0.2, 0.25) is 11.8 Å². The number of nitrogens with zero attached hydrogens (tertiary/aromatic N) is 2. The van der Waals surface area contributed by atoms with Crippen LogP contribution in [0.5, 0.6) is 0 Å². The molecule has 1 saturated heterocycles. The number of carbonyl (C=O) groups is 2. The molecule has 1 N–H and O–H groups in total. The van der Waals surface area contributed by atoms with Gasteiger partial charge in [-0.3, -0.25) is 14.5 Å². The molecule has 1 aliphatic rings. The van der Waals surface area contributed by atoms with Gasteiger partial charge in [0.15, 0.2) is 0 Å². The monoisotopic (exact) mass is 359 g/mol. The zero-order valence-electron chi connectivity index (χ0n) is 16.8. The number of rotatable bonds is 8. The molecule has 1 aliphatic heterocycles. The first-order valence-corrected chi connectivity index (χ1v) is 9.64. The van der Waals surface area contributed by atoms with E-state index < -0.39 is 0 Å². The van der Waals surface area contributed by atoms with E-state index in [9.17, 15) is 9.59 Å². The molecule has 26 heavy (non-hydrogen) atoms. The molecular formula is C21H33N3O2. The Balaban J connectivity index is 1.81. The summed E-state index contributed by atoms with van der Waals surface area (Å²) in [5.74, 6) is -0.173. The number of carbonyl (C=O) groups excluding carboxylic acids is 2. The van der Waals surface area contributed by atoms with Crippen LogP contribution < -0.4 is 5.32 Å². The van der Waals surface area contributed by atoms with Crippen LogP contribution in [-0.4, -0.2) is 53.3 Å². The zero-order chi connectivity index (χ0) is 19.3. The van der Waals surface area contributed by atoms with Crippen molar-refractivity contribution in [2.45, 2.75) is 59.7 Å². The van der Waals surface area contributed by atoms with Crippen molar-refractivity contribution in [3.63, 3.8) is 0 Å². The van der Waals surface area contributed by atoms with E-state index in [2.05, 4.69) is 50.0 Å². The van der Waals surface area contributed by atoms with Gasteiger partial charge in [0, 0.05) is 44.7 Å². The molecule has 0 spiro atoms. The molecule has 0 aromatic heterocycles. The van der Waals surface area contributed by atoms with Gasteiger partial charge in [0.25, 0.3) is 0 Å². The summed E-state index contributed by atoms with van der Waals surface area (Å²) in [5.41, 5.74) is 2.31. The number of aryl methyl sites for hydroxylation is 1. The summed E-state index contributed by atoms with van der Waals surface area (Å²) in [4.78, 5) is 28.9. The normalized spacial score (nSPS) is 17.6. The maximum atomic E-state index is 12.4. The fourth-order valence-electron chi connectivity index (χ4n) is 3.58. The lowest BCUT2D eigenvalue weighted by atomic mass is 10.1. The third-order valence-corrected chi connectivity index (χ3v) is 5.08. The molecule has 0 saturated carbocycles. The predicted octanol–water partition coefficient (Wildman–Crippen LogP) is 2.58. The van der Waals surface area contributed by atoms with Crippen LogP contribution in [0.3, 0.4) is 0 Å².